The third-order valence-corrected chi connectivity index (χ3v) is 3.35. The van der Waals surface area contributed by atoms with Gasteiger partial charge in [0.2, 0.25) is 5.82 Å². The summed E-state index contributed by atoms with van der Waals surface area (Å²) >= 11 is 1.54. The van der Waals surface area contributed by atoms with Crippen LogP contribution in [-0.2, 0) is 12.7 Å². The van der Waals surface area contributed by atoms with Crippen LogP contribution in [0.2, 0.25) is 0 Å². The molecule has 0 atom stereocenters. The molecule has 2 aromatic heterocycles. The Kier molecular flexibility index (Phi) is 4.12. The van der Waals surface area contributed by atoms with Crippen molar-refractivity contribution in [2.24, 2.45) is 0 Å². The first kappa shape index (κ1) is 14.6. The predicted octanol–water partition coefficient (Wildman–Crippen LogP) is 3.24. The van der Waals surface area contributed by atoms with E-state index >= 15 is 0 Å². The summed E-state index contributed by atoms with van der Waals surface area (Å²) in [5, 5.41) is 6.48. The number of nitrogens with one attached hydrogen (secondary N) is 1. The molecular formula is C12H13F3N4S. The summed E-state index contributed by atoms with van der Waals surface area (Å²) in [5.41, 5.74) is 1.02. The van der Waals surface area contributed by atoms with Crippen LogP contribution in [0.25, 0.3) is 0 Å². The zero-order valence-corrected chi connectivity index (χ0v) is 11.7. The molecule has 0 spiro atoms. The number of halogens is 3. The van der Waals surface area contributed by atoms with Crippen LogP contribution < -0.4 is 10.2 Å². The van der Waals surface area contributed by atoms with E-state index in [1.165, 1.54) is 13.1 Å². The zero-order valence-electron chi connectivity index (χ0n) is 10.9. The summed E-state index contributed by atoms with van der Waals surface area (Å²) in [6, 6.07) is 3.41. The highest BCUT2D eigenvalue weighted by atomic mass is 32.1. The van der Waals surface area contributed by atoms with Crippen LogP contribution in [-0.4, -0.2) is 24.1 Å². The molecule has 2 rings (SSSR count). The van der Waals surface area contributed by atoms with Crippen molar-refractivity contribution < 1.29 is 13.2 Å². The van der Waals surface area contributed by atoms with Gasteiger partial charge >= 0.3 is 6.18 Å². The van der Waals surface area contributed by atoms with Gasteiger partial charge in [-0.3, -0.25) is 0 Å². The number of rotatable bonds is 4. The molecule has 0 aliphatic heterocycles. The second-order valence-corrected chi connectivity index (χ2v) is 4.95. The van der Waals surface area contributed by atoms with Gasteiger partial charge in [0.1, 0.15) is 11.6 Å². The monoisotopic (exact) mass is 302 g/mol. The first-order valence-electron chi connectivity index (χ1n) is 5.76. The van der Waals surface area contributed by atoms with Gasteiger partial charge in [-0.2, -0.15) is 24.5 Å². The number of hydrogen-bond acceptors (Lipinski definition) is 5. The summed E-state index contributed by atoms with van der Waals surface area (Å²) in [6.07, 6.45) is -4.56. The fourth-order valence-electron chi connectivity index (χ4n) is 1.62. The van der Waals surface area contributed by atoms with Gasteiger partial charge in [-0.15, -0.1) is 0 Å². The number of thiophene rings is 1. The summed E-state index contributed by atoms with van der Waals surface area (Å²) in [6.45, 7) is 0.487. The van der Waals surface area contributed by atoms with Crippen LogP contribution in [0.15, 0.2) is 22.9 Å². The lowest BCUT2D eigenvalue weighted by molar-refractivity contribution is -0.144. The van der Waals surface area contributed by atoms with Crippen molar-refractivity contribution in [1.29, 1.82) is 0 Å². The van der Waals surface area contributed by atoms with Gasteiger partial charge in [0.25, 0.3) is 0 Å². The SMILES string of the molecule is CNc1cc(N(C)Cc2ccsc2)nc(C(F)(F)F)n1. The number of alkyl halides is 3. The van der Waals surface area contributed by atoms with Crippen molar-refractivity contribution in [1.82, 2.24) is 9.97 Å². The van der Waals surface area contributed by atoms with Crippen LogP contribution in [0, 0.1) is 0 Å². The lowest BCUT2D eigenvalue weighted by atomic mass is 10.3. The molecule has 0 radical (unpaired) electrons. The maximum atomic E-state index is 12.8. The first-order chi connectivity index (χ1) is 9.40. The molecule has 0 bridgehead atoms. The van der Waals surface area contributed by atoms with E-state index in [0.717, 1.165) is 5.56 Å². The Hall–Kier alpha value is -1.83. The normalized spacial score (nSPS) is 11.4. The second-order valence-electron chi connectivity index (χ2n) is 4.17. The molecule has 0 aromatic carbocycles. The molecule has 20 heavy (non-hydrogen) atoms. The van der Waals surface area contributed by atoms with Crippen LogP contribution in [0.4, 0.5) is 24.8 Å². The van der Waals surface area contributed by atoms with Crippen molar-refractivity contribution in [2.75, 3.05) is 24.3 Å². The third kappa shape index (κ3) is 3.38. The molecule has 2 aromatic rings. The van der Waals surface area contributed by atoms with E-state index in [4.69, 9.17) is 0 Å². The third-order valence-electron chi connectivity index (χ3n) is 2.61. The predicted molar refractivity (Wildman–Crippen MR) is 73.0 cm³/mol. The van der Waals surface area contributed by atoms with Gasteiger partial charge in [-0.1, -0.05) is 0 Å². The highest BCUT2D eigenvalue weighted by molar-refractivity contribution is 7.07. The molecule has 4 nitrogen and oxygen atoms in total. The maximum Gasteiger partial charge on any atom is 0.451 e. The van der Waals surface area contributed by atoms with E-state index < -0.39 is 12.0 Å². The Morgan fingerprint density at radius 1 is 1.35 bits per heavy atom. The fourth-order valence-corrected chi connectivity index (χ4v) is 2.28. The average molecular weight is 302 g/mol. The quantitative estimate of drug-likeness (QED) is 0.941. The molecule has 0 amide bonds. The molecule has 1 N–H and O–H groups in total. The number of aromatic nitrogens is 2. The van der Waals surface area contributed by atoms with E-state index in [9.17, 15) is 13.2 Å². The Bertz CT molecular complexity index is 569. The molecule has 108 valence electrons. The Morgan fingerprint density at radius 3 is 2.65 bits per heavy atom. The molecule has 0 aliphatic rings. The summed E-state index contributed by atoms with van der Waals surface area (Å²) < 4.78 is 38.3. The molecule has 0 saturated heterocycles. The van der Waals surface area contributed by atoms with Gasteiger partial charge in [-0.25, -0.2) is 9.97 Å². The largest absolute Gasteiger partial charge is 0.451 e. The highest BCUT2D eigenvalue weighted by Gasteiger charge is 2.35. The first-order valence-corrected chi connectivity index (χ1v) is 6.70. The fraction of sp³-hybridized carbons (Fsp3) is 0.333. The topological polar surface area (TPSA) is 41.0 Å². The number of anilines is 2. The Morgan fingerprint density at radius 2 is 2.10 bits per heavy atom. The summed E-state index contributed by atoms with van der Waals surface area (Å²) in [5.74, 6) is -0.779. The van der Waals surface area contributed by atoms with Gasteiger partial charge in [0, 0.05) is 26.7 Å². The van der Waals surface area contributed by atoms with E-state index in [1.807, 2.05) is 16.8 Å². The van der Waals surface area contributed by atoms with Crippen molar-refractivity contribution in [2.45, 2.75) is 12.7 Å². The Balaban J connectivity index is 2.30. The summed E-state index contributed by atoms with van der Waals surface area (Å²) in [4.78, 5) is 8.67. The second kappa shape index (κ2) is 5.66. The molecule has 0 unspecified atom stereocenters. The molecule has 8 heteroatoms. The van der Waals surface area contributed by atoms with E-state index in [2.05, 4.69) is 15.3 Å². The van der Waals surface area contributed by atoms with E-state index in [1.54, 1.807) is 23.3 Å². The molecule has 2 heterocycles. The van der Waals surface area contributed by atoms with Gasteiger partial charge in [0.05, 0.1) is 0 Å². The van der Waals surface area contributed by atoms with Gasteiger partial charge in [0.15, 0.2) is 0 Å². The molecular weight excluding hydrogens is 289 g/mol. The average Bonchev–Trinajstić information content (AvgIpc) is 2.90. The molecule has 0 saturated carbocycles. The van der Waals surface area contributed by atoms with Crippen LogP contribution in [0.1, 0.15) is 11.4 Å². The van der Waals surface area contributed by atoms with E-state index in [0.29, 0.717) is 6.54 Å². The van der Waals surface area contributed by atoms with E-state index in [-0.39, 0.29) is 11.6 Å². The number of hydrogen-bond donors (Lipinski definition) is 1. The minimum Gasteiger partial charge on any atom is -0.373 e. The minimum atomic E-state index is -4.56. The van der Waals surface area contributed by atoms with Crippen LogP contribution >= 0.6 is 11.3 Å². The maximum absolute atomic E-state index is 12.8. The molecule has 0 fully saturated rings. The Labute approximate surface area is 118 Å². The van der Waals surface area contributed by atoms with Crippen molar-refractivity contribution in [3.05, 3.63) is 34.3 Å². The van der Waals surface area contributed by atoms with Crippen LogP contribution in [0.3, 0.4) is 0 Å². The highest BCUT2D eigenvalue weighted by Crippen LogP contribution is 2.29. The van der Waals surface area contributed by atoms with Crippen molar-refractivity contribution in [3.8, 4) is 0 Å². The van der Waals surface area contributed by atoms with Crippen LogP contribution in [0.5, 0.6) is 0 Å². The van der Waals surface area contributed by atoms with Crippen molar-refractivity contribution in [3.63, 3.8) is 0 Å². The lowest BCUT2D eigenvalue weighted by Crippen LogP contribution is -2.21. The molecule has 0 aliphatic carbocycles. The van der Waals surface area contributed by atoms with Crippen molar-refractivity contribution >= 4 is 23.0 Å². The number of nitrogens with zero attached hydrogens (tertiary/aromatic N) is 3. The lowest BCUT2D eigenvalue weighted by Gasteiger charge is -2.19. The zero-order chi connectivity index (χ0) is 14.8. The summed E-state index contributed by atoms with van der Waals surface area (Å²) in [7, 11) is 3.21. The smallest absolute Gasteiger partial charge is 0.373 e. The minimum absolute atomic E-state index is 0.138. The van der Waals surface area contributed by atoms with Gasteiger partial charge in [-0.05, 0) is 22.4 Å². The standard InChI is InChI=1S/C12H13F3N4S/c1-16-9-5-10(18-11(17-9)12(13,14)15)19(2)6-8-3-4-20-7-8/h3-5,7H,6H2,1-2H3,(H,16,17,18). The van der Waals surface area contributed by atoms with Gasteiger partial charge < -0.3 is 10.2 Å².